The number of methoxy groups -OCH3 is 1. The summed E-state index contributed by atoms with van der Waals surface area (Å²) >= 11 is 0. The molecule has 2 aromatic rings. The summed E-state index contributed by atoms with van der Waals surface area (Å²) in [5, 5.41) is 8.93. The molecule has 28 heavy (non-hydrogen) atoms. The minimum Gasteiger partial charge on any atom is -0.457 e. The second-order valence-electron chi connectivity index (χ2n) is 6.54. The van der Waals surface area contributed by atoms with Gasteiger partial charge in [0.05, 0.1) is 4.90 Å². The largest absolute Gasteiger partial charge is 0.457 e. The molecule has 0 bridgehead atoms. The van der Waals surface area contributed by atoms with Crippen molar-refractivity contribution in [3.63, 3.8) is 0 Å². The Hall–Kier alpha value is -2.49. The Morgan fingerprint density at radius 2 is 1.64 bits per heavy atom. The van der Waals surface area contributed by atoms with Crippen molar-refractivity contribution in [1.29, 1.82) is 0 Å². The van der Waals surface area contributed by atoms with Gasteiger partial charge in [0.15, 0.2) is 15.9 Å². The van der Waals surface area contributed by atoms with Crippen molar-refractivity contribution >= 4 is 15.7 Å². The molecule has 1 aliphatic rings. The van der Waals surface area contributed by atoms with E-state index in [9.17, 15) is 17.6 Å². The van der Waals surface area contributed by atoms with Crippen LogP contribution in [-0.2, 0) is 19.4 Å². The van der Waals surface area contributed by atoms with Gasteiger partial charge in [-0.1, -0.05) is 6.42 Å². The Balaban J connectivity index is 1.87. The standard InChI is InChI=1S/C19H20FNO6S/c1-26-17(18(22)21-23)19(11-2-12-19)28(24,25)16-9-7-15(8-10-16)27-14-5-3-13(20)4-6-14/h3-10,17,23H,2,11-12H2,1H3,(H,21,22). The van der Waals surface area contributed by atoms with Gasteiger partial charge in [0.25, 0.3) is 5.91 Å². The molecule has 1 fully saturated rings. The number of ether oxygens (including phenoxy) is 2. The molecule has 2 aromatic carbocycles. The maximum atomic E-state index is 13.2. The van der Waals surface area contributed by atoms with Gasteiger partial charge in [0.1, 0.15) is 22.1 Å². The third-order valence-corrected chi connectivity index (χ3v) is 7.57. The van der Waals surface area contributed by atoms with Gasteiger partial charge in [-0.15, -0.1) is 0 Å². The molecule has 1 saturated carbocycles. The second kappa shape index (κ2) is 7.86. The van der Waals surface area contributed by atoms with E-state index in [1.807, 2.05) is 0 Å². The molecule has 7 nitrogen and oxygen atoms in total. The van der Waals surface area contributed by atoms with Crippen LogP contribution in [0.25, 0.3) is 0 Å². The van der Waals surface area contributed by atoms with Crippen LogP contribution < -0.4 is 10.2 Å². The normalized spacial score (nSPS) is 16.7. The van der Waals surface area contributed by atoms with Gasteiger partial charge in [-0.2, -0.15) is 0 Å². The van der Waals surface area contributed by atoms with Crippen LogP contribution >= 0.6 is 0 Å². The van der Waals surface area contributed by atoms with Crippen molar-refractivity contribution in [2.75, 3.05) is 7.11 Å². The van der Waals surface area contributed by atoms with Gasteiger partial charge in [0.2, 0.25) is 0 Å². The Kier molecular flexibility index (Phi) is 5.69. The summed E-state index contributed by atoms with van der Waals surface area (Å²) in [6.07, 6.45) is -0.209. The van der Waals surface area contributed by atoms with E-state index in [1.54, 1.807) is 0 Å². The number of hydrogen-bond donors (Lipinski definition) is 2. The predicted molar refractivity (Wildman–Crippen MR) is 97.4 cm³/mol. The predicted octanol–water partition coefficient (Wildman–Crippen LogP) is 2.83. The fourth-order valence-electron chi connectivity index (χ4n) is 3.38. The van der Waals surface area contributed by atoms with Crippen LogP contribution in [0.1, 0.15) is 19.3 Å². The molecule has 1 unspecified atom stereocenters. The fraction of sp³-hybridized carbons (Fsp3) is 0.316. The maximum Gasteiger partial charge on any atom is 0.274 e. The molecule has 0 saturated heterocycles. The number of rotatable bonds is 7. The minimum absolute atomic E-state index is 0.0199. The first kappa shape index (κ1) is 20.2. The lowest BCUT2D eigenvalue weighted by Crippen LogP contribution is -2.60. The average Bonchev–Trinajstić information content (AvgIpc) is 2.66. The number of hydrogen-bond acceptors (Lipinski definition) is 6. The molecule has 150 valence electrons. The molecular formula is C19H20FNO6S. The number of nitrogens with one attached hydrogen (secondary N) is 1. The van der Waals surface area contributed by atoms with Crippen LogP contribution in [0.15, 0.2) is 53.4 Å². The van der Waals surface area contributed by atoms with Crippen LogP contribution in [-0.4, -0.2) is 37.5 Å². The average molecular weight is 409 g/mol. The van der Waals surface area contributed by atoms with E-state index < -0.39 is 26.6 Å². The summed E-state index contributed by atoms with van der Waals surface area (Å²) in [5.74, 6) is -0.502. The van der Waals surface area contributed by atoms with Crippen LogP contribution in [0.4, 0.5) is 4.39 Å². The van der Waals surface area contributed by atoms with Crippen molar-refractivity contribution in [2.24, 2.45) is 0 Å². The SMILES string of the molecule is COC(C(=O)NO)C1(S(=O)(=O)c2ccc(Oc3ccc(F)cc3)cc2)CCC1. The van der Waals surface area contributed by atoms with Crippen molar-refractivity contribution in [1.82, 2.24) is 5.48 Å². The summed E-state index contributed by atoms with van der Waals surface area (Å²) in [4.78, 5) is 12.0. The number of halogens is 1. The van der Waals surface area contributed by atoms with E-state index in [2.05, 4.69) is 0 Å². The molecule has 1 atom stereocenters. The lowest BCUT2D eigenvalue weighted by atomic mass is 9.79. The summed E-state index contributed by atoms with van der Waals surface area (Å²) in [7, 11) is -2.70. The first-order chi connectivity index (χ1) is 13.3. The molecule has 0 heterocycles. The first-order valence-corrected chi connectivity index (χ1v) is 10.1. The minimum atomic E-state index is -3.93. The van der Waals surface area contributed by atoms with Crippen molar-refractivity contribution in [3.8, 4) is 11.5 Å². The lowest BCUT2D eigenvalue weighted by Gasteiger charge is -2.44. The molecule has 0 aliphatic heterocycles. The van der Waals surface area contributed by atoms with E-state index in [-0.39, 0.29) is 23.6 Å². The summed E-state index contributed by atoms with van der Waals surface area (Å²) in [6, 6.07) is 11.2. The molecule has 0 radical (unpaired) electrons. The van der Waals surface area contributed by atoms with Crippen molar-refractivity contribution < 1.29 is 32.3 Å². The molecule has 1 aliphatic carbocycles. The van der Waals surface area contributed by atoms with Crippen molar-refractivity contribution in [3.05, 3.63) is 54.3 Å². The Morgan fingerprint density at radius 1 is 1.11 bits per heavy atom. The highest BCUT2D eigenvalue weighted by molar-refractivity contribution is 7.93. The molecule has 9 heteroatoms. The zero-order valence-electron chi connectivity index (χ0n) is 15.1. The molecule has 3 rings (SSSR count). The van der Waals surface area contributed by atoms with E-state index in [0.717, 1.165) is 0 Å². The smallest absolute Gasteiger partial charge is 0.274 e. The van der Waals surface area contributed by atoms with E-state index in [1.165, 1.54) is 61.1 Å². The van der Waals surface area contributed by atoms with Gasteiger partial charge >= 0.3 is 0 Å². The van der Waals surface area contributed by atoms with Gasteiger partial charge in [-0.05, 0) is 61.4 Å². The Morgan fingerprint density at radius 3 is 2.07 bits per heavy atom. The van der Waals surface area contributed by atoms with Crippen LogP contribution in [0, 0.1) is 5.82 Å². The molecule has 1 amide bonds. The highest BCUT2D eigenvalue weighted by Gasteiger charge is 2.58. The summed E-state index contributed by atoms with van der Waals surface area (Å²) in [6.45, 7) is 0. The third-order valence-electron chi connectivity index (χ3n) is 4.98. The topological polar surface area (TPSA) is 102 Å². The highest BCUT2D eigenvalue weighted by atomic mass is 32.2. The number of sulfone groups is 1. The molecule has 0 aromatic heterocycles. The molecular weight excluding hydrogens is 389 g/mol. The van der Waals surface area contributed by atoms with E-state index in [0.29, 0.717) is 17.9 Å². The first-order valence-electron chi connectivity index (χ1n) is 8.59. The Bertz CT molecular complexity index is 939. The van der Waals surface area contributed by atoms with Gasteiger partial charge < -0.3 is 9.47 Å². The zero-order chi connectivity index (χ0) is 20.4. The van der Waals surface area contributed by atoms with Crippen molar-refractivity contribution in [2.45, 2.75) is 35.0 Å². The van der Waals surface area contributed by atoms with Crippen LogP contribution in [0.3, 0.4) is 0 Å². The van der Waals surface area contributed by atoms with Gasteiger partial charge in [0, 0.05) is 7.11 Å². The van der Waals surface area contributed by atoms with Crippen LogP contribution in [0.2, 0.25) is 0 Å². The maximum absolute atomic E-state index is 13.2. The number of amides is 1. The number of carbonyl (C=O) groups excluding carboxylic acids is 1. The summed E-state index contributed by atoms with van der Waals surface area (Å²) < 4.78 is 48.7. The van der Waals surface area contributed by atoms with E-state index >= 15 is 0 Å². The monoisotopic (exact) mass is 409 g/mol. The Labute approximate surface area is 162 Å². The lowest BCUT2D eigenvalue weighted by molar-refractivity contribution is -0.143. The second-order valence-corrected chi connectivity index (χ2v) is 8.83. The van der Waals surface area contributed by atoms with E-state index in [4.69, 9.17) is 14.7 Å². The van der Waals surface area contributed by atoms with Crippen LogP contribution in [0.5, 0.6) is 11.5 Å². The van der Waals surface area contributed by atoms with Gasteiger partial charge in [-0.3, -0.25) is 10.0 Å². The number of hydroxylamine groups is 1. The number of carbonyl (C=O) groups is 1. The summed E-state index contributed by atoms with van der Waals surface area (Å²) in [5.41, 5.74) is 1.48. The third kappa shape index (κ3) is 3.48. The highest BCUT2D eigenvalue weighted by Crippen LogP contribution is 2.46. The zero-order valence-corrected chi connectivity index (χ0v) is 15.9. The number of benzene rings is 2. The van der Waals surface area contributed by atoms with Gasteiger partial charge in [-0.25, -0.2) is 18.3 Å². The molecule has 2 N–H and O–H groups in total. The molecule has 0 spiro atoms. The quantitative estimate of drug-likeness (QED) is 0.539. The fourth-order valence-corrected chi connectivity index (χ4v) is 5.65.